The Labute approximate surface area is 287 Å². The number of alkyl halides is 1. The number of amides is 1. The molecule has 2 fully saturated rings. The number of benzene rings is 2. The second-order valence-electron chi connectivity index (χ2n) is 12.9. The van der Waals surface area contributed by atoms with E-state index in [1.807, 2.05) is 31.8 Å². The zero-order valence-electron chi connectivity index (χ0n) is 26.9. The summed E-state index contributed by atoms with van der Waals surface area (Å²) in [5.74, 6) is -0.231. The molecule has 9 nitrogen and oxygen atoms in total. The Morgan fingerprint density at radius 3 is 2.71 bits per heavy atom. The molecule has 4 aromatic rings. The molecule has 0 N–H and O–H groups in total. The maximum Gasteiger partial charge on any atom is 0.246 e. The van der Waals surface area contributed by atoms with Gasteiger partial charge in [0, 0.05) is 65.5 Å². The minimum atomic E-state index is -0.742. The maximum atomic E-state index is 17.2. The molecule has 2 saturated heterocycles. The summed E-state index contributed by atoms with van der Waals surface area (Å²) in [5.41, 5.74) is 4.12. The molecule has 248 valence electrons. The lowest BCUT2D eigenvalue weighted by Gasteiger charge is -2.43. The van der Waals surface area contributed by atoms with Crippen molar-refractivity contribution in [2.24, 2.45) is 4.99 Å². The van der Waals surface area contributed by atoms with Gasteiger partial charge in [0.15, 0.2) is 5.82 Å². The van der Waals surface area contributed by atoms with E-state index < -0.39 is 18.5 Å². The fourth-order valence-electron chi connectivity index (χ4n) is 7.30. The maximum absolute atomic E-state index is 17.2. The molecular weight excluding hydrogens is 657 g/mol. The van der Waals surface area contributed by atoms with Gasteiger partial charge in [0.2, 0.25) is 5.91 Å². The van der Waals surface area contributed by atoms with Gasteiger partial charge in [-0.2, -0.15) is 10.4 Å². The van der Waals surface area contributed by atoms with Gasteiger partial charge in [-0.05, 0) is 68.8 Å². The normalized spacial score (nSPS) is 19.6. The van der Waals surface area contributed by atoms with Crippen LogP contribution in [0.1, 0.15) is 42.0 Å². The minimum absolute atomic E-state index is 0.120. The lowest BCUT2D eigenvalue weighted by molar-refractivity contribution is -0.130. The van der Waals surface area contributed by atoms with Gasteiger partial charge in [-0.1, -0.05) is 23.2 Å². The topological polar surface area (TPSA) is 93.7 Å². The average Bonchev–Trinajstić information content (AvgIpc) is 3.69. The molecule has 2 aromatic heterocycles. The second-order valence-corrected chi connectivity index (χ2v) is 13.8. The Morgan fingerprint density at radius 1 is 1.19 bits per heavy atom. The largest absolute Gasteiger partial charge is 0.353 e. The molecule has 0 saturated carbocycles. The summed E-state index contributed by atoms with van der Waals surface area (Å²) in [4.78, 5) is 28.2. The number of aromatic nitrogens is 3. The molecule has 3 aliphatic rings. The van der Waals surface area contributed by atoms with Crippen LogP contribution in [0.2, 0.25) is 10.0 Å². The van der Waals surface area contributed by atoms with E-state index in [4.69, 9.17) is 33.3 Å². The van der Waals surface area contributed by atoms with Gasteiger partial charge in [0.05, 0.1) is 47.2 Å². The monoisotopic (exact) mass is 690 g/mol. The summed E-state index contributed by atoms with van der Waals surface area (Å²) in [6.45, 7) is 3.38. The van der Waals surface area contributed by atoms with Crippen LogP contribution >= 0.6 is 23.2 Å². The zero-order valence-corrected chi connectivity index (χ0v) is 28.4. The first kappa shape index (κ1) is 32.4. The first-order valence-electron chi connectivity index (χ1n) is 15.9. The number of rotatable bonds is 7. The van der Waals surface area contributed by atoms with E-state index in [0.29, 0.717) is 64.8 Å². The molecule has 5 heterocycles. The van der Waals surface area contributed by atoms with Gasteiger partial charge in [0.1, 0.15) is 18.0 Å². The van der Waals surface area contributed by atoms with E-state index in [0.717, 1.165) is 29.6 Å². The number of hydrogen-bond acceptors (Lipinski definition) is 7. The summed E-state index contributed by atoms with van der Waals surface area (Å²) >= 11 is 13.7. The quantitative estimate of drug-likeness (QED) is 0.201. The minimum Gasteiger partial charge on any atom is -0.353 e. The van der Waals surface area contributed by atoms with Gasteiger partial charge in [-0.25, -0.2) is 13.8 Å². The molecule has 1 amide bonds. The number of fused-ring (bicyclic) bond motifs is 4. The zero-order chi connectivity index (χ0) is 33.9. The van der Waals surface area contributed by atoms with Crippen LogP contribution in [0.4, 0.5) is 14.6 Å². The molecule has 2 atom stereocenters. The molecule has 2 aromatic carbocycles. The number of likely N-dealkylation sites (tertiary alicyclic amines) is 1. The van der Waals surface area contributed by atoms with Crippen molar-refractivity contribution in [3.8, 4) is 17.2 Å². The molecule has 3 aliphatic heterocycles. The van der Waals surface area contributed by atoms with Crippen LogP contribution in [0, 0.1) is 24.1 Å². The highest BCUT2D eigenvalue weighted by Gasteiger charge is 2.36. The van der Waals surface area contributed by atoms with Crippen molar-refractivity contribution in [3.63, 3.8) is 0 Å². The predicted molar refractivity (Wildman–Crippen MR) is 185 cm³/mol. The number of nitriles is 1. The van der Waals surface area contributed by atoms with Crippen molar-refractivity contribution in [2.45, 2.75) is 50.9 Å². The fourth-order valence-corrected chi connectivity index (χ4v) is 7.81. The summed E-state index contributed by atoms with van der Waals surface area (Å²) in [6, 6.07) is 5.57. The van der Waals surface area contributed by atoms with Gasteiger partial charge >= 0.3 is 0 Å². The molecule has 48 heavy (non-hydrogen) atoms. The van der Waals surface area contributed by atoms with Crippen molar-refractivity contribution in [2.75, 3.05) is 45.3 Å². The van der Waals surface area contributed by atoms with Crippen molar-refractivity contribution in [3.05, 3.63) is 63.0 Å². The van der Waals surface area contributed by atoms with E-state index in [2.05, 4.69) is 20.9 Å². The van der Waals surface area contributed by atoms with Crippen LogP contribution in [-0.2, 0) is 11.3 Å². The smallest absolute Gasteiger partial charge is 0.246 e. The third-order valence-corrected chi connectivity index (χ3v) is 10.7. The third kappa shape index (κ3) is 5.31. The molecule has 0 unspecified atom stereocenters. The number of pyridine rings is 1. The summed E-state index contributed by atoms with van der Waals surface area (Å²) < 4.78 is 31.8. The molecule has 13 heteroatoms. The van der Waals surface area contributed by atoms with Crippen LogP contribution in [0.25, 0.3) is 32.9 Å². The number of hydrogen-bond donors (Lipinski definition) is 0. The highest BCUT2D eigenvalue weighted by atomic mass is 35.5. The van der Waals surface area contributed by atoms with Crippen LogP contribution in [-0.4, -0.2) is 89.2 Å². The molecular formula is C35H34Cl2F2N8O. The number of carbonyl (C=O) groups is 1. The lowest BCUT2D eigenvalue weighted by atomic mass is 9.91. The van der Waals surface area contributed by atoms with Gasteiger partial charge in [-0.15, -0.1) is 0 Å². The predicted octanol–water partition coefficient (Wildman–Crippen LogP) is 6.66. The average molecular weight is 692 g/mol. The number of anilines is 1. The summed E-state index contributed by atoms with van der Waals surface area (Å²) in [6.07, 6.45) is 7.02. The number of allylic oxidation sites excluding steroid dienone is 1. The van der Waals surface area contributed by atoms with Crippen LogP contribution in [0.15, 0.2) is 35.5 Å². The van der Waals surface area contributed by atoms with E-state index >= 15 is 4.39 Å². The number of likely N-dealkylation sites (N-methyl/N-ethyl adjacent to an activating group) is 1. The Bertz CT molecular complexity index is 2060. The van der Waals surface area contributed by atoms with E-state index in [9.17, 15) is 14.4 Å². The SMILES string of the molecule is Cc1c(Cl)cc2c(c1-c1c(Cl)cc3c(nc(N4CC(N(C)C)C4)c4cnn([C@H]5CCN(C(=O)/C=C/CF)[C@H](CC#N)C5)c43)c1F)C=NC2. The second kappa shape index (κ2) is 12.7. The molecule has 7 rings (SSSR count). The number of piperidine rings is 1. The van der Waals surface area contributed by atoms with E-state index in [1.165, 1.54) is 12.2 Å². The molecule has 0 radical (unpaired) electrons. The van der Waals surface area contributed by atoms with E-state index in [1.54, 1.807) is 23.4 Å². The van der Waals surface area contributed by atoms with E-state index in [-0.39, 0.29) is 34.5 Å². The Balaban J connectivity index is 1.41. The Kier molecular flexibility index (Phi) is 8.60. The van der Waals surface area contributed by atoms with Crippen molar-refractivity contribution in [1.82, 2.24) is 24.6 Å². The number of halogens is 4. The Hall–Kier alpha value is -4.11. The number of aliphatic imine (C=N–C) groups is 1. The first-order chi connectivity index (χ1) is 23.1. The number of carbonyl (C=O) groups excluding carboxylic acids is 1. The van der Waals surface area contributed by atoms with Gasteiger partial charge in [0.25, 0.3) is 0 Å². The first-order valence-corrected chi connectivity index (χ1v) is 16.7. The molecule has 0 aliphatic carbocycles. The molecule has 0 spiro atoms. The van der Waals surface area contributed by atoms with Gasteiger partial charge < -0.3 is 14.7 Å². The van der Waals surface area contributed by atoms with Crippen LogP contribution in [0.3, 0.4) is 0 Å². The summed E-state index contributed by atoms with van der Waals surface area (Å²) in [5, 5.41) is 16.5. The summed E-state index contributed by atoms with van der Waals surface area (Å²) in [7, 11) is 4.07. The Morgan fingerprint density at radius 2 is 1.98 bits per heavy atom. The fraction of sp³-hybridized carbons (Fsp3) is 0.400. The molecule has 0 bridgehead atoms. The standard InChI is InChI=1S/C35H34Cl2F2N8O/c1-19-27(36)11-20-14-41-15-25(20)30(19)31-28(37)13-24-33(32(31)39)43-35(45-17-23(18-45)44(2)3)26-16-42-47(34(24)26)22-7-10-46(21(12-22)6-9-40)29(48)5-4-8-38/h4-5,11,13,15-16,21-23H,6-8,10,12,14,17-18H2,1-3H3/b5-4+/t21-,22+/m1/s1. The van der Waals surface area contributed by atoms with Crippen molar-refractivity contribution in [1.29, 1.82) is 5.26 Å². The highest BCUT2D eigenvalue weighted by molar-refractivity contribution is 6.36. The highest BCUT2D eigenvalue weighted by Crippen LogP contribution is 2.45. The number of nitrogens with zero attached hydrogens (tertiary/aromatic N) is 8. The van der Waals surface area contributed by atoms with Crippen LogP contribution in [0.5, 0.6) is 0 Å². The van der Waals surface area contributed by atoms with Crippen LogP contribution < -0.4 is 4.90 Å². The van der Waals surface area contributed by atoms with Crippen molar-refractivity contribution >= 4 is 62.9 Å². The lowest BCUT2D eigenvalue weighted by Crippen LogP contribution is -2.57. The van der Waals surface area contributed by atoms with Crippen molar-refractivity contribution < 1.29 is 13.6 Å². The third-order valence-electron chi connectivity index (χ3n) is 9.97. The van der Waals surface area contributed by atoms with Gasteiger partial charge in [-0.3, -0.25) is 14.5 Å².